The van der Waals surface area contributed by atoms with Crippen LogP contribution in [0.1, 0.15) is 36.8 Å². The number of sulfonamides is 1. The van der Waals surface area contributed by atoms with Crippen LogP contribution in [0, 0.1) is 11.7 Å². The smallest absolute Gasteiger partial charge is 0.419 e. The number of hydrogen-bond acceptors (Lipinski definition) is 4. The molecule has 0 spiro atoms. The summed E-state index contributed by atoms with van der Waals surface area (Å²) in [6, 6.07) is 9.45. The van der Waals surface area contributed by atoms with Gasteiger partial charge >= 0.3 is 6.18 Å². The van der Waals surface area contributed by atoms with Gasteiger partial charge in [0, 0.05) is 19.2 Å². The normalized spacial score (nSPS) is 26.4. The van der Waals surface area contributed by atoms with Crippen molar-refractivity contribution in [2.24, 2.45) is 10.3 Å². The monoisotopic (exact) mass is 482 g/mol. The van der Waals surface area contributed by atoms with Crippen LogP contribution >= 0.6 is 0 Å². The third-order valence-corrected chi connectivity index (χ3v) is 7.94. The topological polar surface area (TPSA) is 59.0 Å². The van der Waals surface area contributed by atoms with Crippen molar-refractivity contribution in [3.8, 4) is 11.5 Å². The molecule has 0 aromatic heterocycles. The molecule has 0 N–H and O–H groups in total. The second-order valence-electron chi connectivity index (χ2n) is 8.96. The van der Waals surface area contributed by atoms with Gasteiger partial charge in [-0.15, -0.1) is 4.40 Å². The van der Waals surface area contributed by atoms with Gasteiger partial charge < -0.3 is 9.64 Å². The van der Waals surface area contributed by atoms with E-state index in [2.05, 4.69) is 9.30 Å². The van der Waals surface area contributed by atoms with Crippen LogP contribution in [-0.4, -0.2) is 38.0 Å². The van der Waals surface area contributed by atoms with Crippen molar-refractivity contribution in [1.82, 2.24) is 4.90 Å². The Morgan fingerprint density at radius 1 is 1.09 bits per heavy atom. The Hall–Kier alpha value is -2.62. The van der Waals surface area contributed by atoms with Crippen LogP contribution in [0.15, 0.2) is 46.9 Å². The van der Waals surface area contributed by atoms with Gasteiger partial charge in [0.25, 0.3) is 10.0 Å². The molecule has 33 heavy (non-hydrogen) atoms. The summed E-state index contributed by atoms with van der Waals surface area (Å²) in [5.74, 6) is -0.00552. The summed E-state index contributed by atoms with van der Waals surface area (Å²) >= 11 is 0. The summed E-state index contributed by atoms with van der Waals surface area (Å²) in [5.41, 5.74) is -0.909. The molecule has 2 heterocycles. The van der Waals surface area contributed by atoms with E-state index in [1.54, 1.807) is 12.1 Å². The van der Waals surface area contributed by atoms with Crippen molar-refractivity contribution in [2.45, 2.75) is 37.3 Å². The molecule has 3 aliphatic rings. The van der Waals surface area contributed by atoms with Gasteiger partial charge in [0.2, 0.25) is 0 Å². The van der Waals surface area contributed by atoms with Crippen molar-refractivity contribution in [1.29, 1.82) is 0 Å². The number of nitrogens with zero attached hydrogens (tertiary/aromatic N) is 2. The molecule has 2 atom stereocenters. The van der Waals surface area contributed by atoms with Crippen LogP contribution < -0.4 is 4.74 Å². The third kappa shape index (κ3) is 4.09. The first-order valence-electron chi connectivity index (χ1n) is 10.8. The summed E-state index contributed by atoms with van der Waals surface area (Å²) in [4.78, 5) is 2.10. The van der Waals surface area contributed by atoms with Crippen LogP contribution in [-0.2, 0) is 21.6 Å². The van der Waals surface area contributed by atoms with Crippen LogP contribution in [0.4, 0.5) is 17.6 Å². The average Bonchev–Trinajstić information content (AvgIpc) is 2.74. The molecule has 0 amide bonds. The Labute approximate surface area is 189 Å². The summed E-state index contributed by atoms with van der Waals surface area (Å²) in [5, 5.41) is 0. The maximum Gasteiger partial charge on any atom is 0.419 e. The van der Waals surface area contributed by atoms with Gasteiger partial charge in [0.15, 0.2) is 0 Å². The van der Waals surface area contributed by atoms with Crippen molar-refractivity contribution < 1.29 is 30.7 Å². The van der Waals surface area contributed by atoms with Crippen molar-refractivity contribution >= 4 is 15.9 Å². The van der Waals surface area contributed by atoms with Gasteiger partial charge in [-0.05, 0) is 55.0 Å². The maximum atomic E-state index is 13.8. The number of ether oxygens (including phenoxy) is 1. The van der Waals surface area contributed by atoms with Crippen molar-refractivity contribution in [3.05, 3.63) is 59.4 Å². The van der Waals surface area contributed by atoms with E-state index in [1.165, 1.54) is 0 Å². The molecule has 10 heteroatoms. The molecule has 2 fully saturated rings. The SMILES string of the molecule is O=S1(=O)CCN2CC3CCCC(c4ccc(Oc5ccc(C(F)(F)F)c(F)c5)cc4)(C3)C2=N1. The van der Waals surface area contributed by atoms with Crippen LogP contribution in [0.5, 0.6) is 11.5 Å². The summed E-state index contributed by atoms with van der Waals surface area (Å²) in [6.07, 6.45) is -1.09. The first kappa shape index (κ1) is 22.2. The van der Waals surface area contributed by atoms with Crippen molar-refractivity contribution in [2.75, 3.05) is 18.8 Å². The second-order valence-corrected chi connectivity index (χ2v) is 10.7. The van der Waals surface area contributed by atoms with E-state index in [-0.39, 0.29) is 11.5 Å². The van der Waals surface area contributed by atoms with E-state index < -0.39 is 33.0 Å². The molecule has 2 aliphatic heterocycles. The number of alkyl halides is 3. The molecule has 2 bridgehead atoms. The molecular formula is C23H22F4N2O3S. The highest BCUT2D eigenvalue weighted by atomic mass is 32.2. The third-order valence-electron chi connectivity index (χ3n) is 6.79. The number of benzene rings is 2. The lowest BCUT2D eigenvalue weighted by molar-refractivity contribution is -0.140. The lowest BCUT2D eigenvalue weighted by atomic mass is 9.62. The van der Waals surface area contributed by atoms with Crippen molar-refractivity contribution in [3.63, 3.8) is 0 Å². The molecule has 1 saturated carbocycles. The minimum absolute atomic E-state index is 0.0236. The van der Waals surface area contributed by atoms with E-state index in [4.69, 9.17) is 4.74 Å². The second kappa shape index (κ2) is 7.72. The van der Waals surface area contributed by atoms with E-state index in [0.29, 0.717) is 36.2 Å². The first-order valence-corrected chi connectivity index (χ1v) is 12.4. The van der Waals surface area contributed by atoms with Crippen LogP contribution in [0.25, 0.3) is 0 Å². The molecule has 5 nitrogen and oxygen atoms in total. The van der Waals surface area contributed by atoms with E-state index >= 15 is 0 Å². The number of hydrogen-bond donors (Lipinski definition) is 0. The van der Waals surface area contributed by atoms with Gasteiger partial charge in [0.1, 0.15) is 23.2 Å². The lowest BCUT2D eigenvalue weighted by Crippen LogP contribution is -2.59. The predicted molar refractivity (Wildman–Crippen MR) is 114 cm³/mol. The van der Waals surface area contributed by atoms with E-state index in [1.807, 2.05) is 12.1 Å². The maximum absolute atomic E-state index is 13.8. The zero-order valence-electron chi connectivity index (χ0n) is 17.6. The summed E-state index contributed by atoms with van der Waals surface area (Å²) in [6.45, 7) is 1.26. The first-order chi connectivity index (χ1) is 15.6. The molecule has 176 valence electrons. The highest BCUT2D eigenvalue weighted by Crippen LogP contribution is 2.48. The minimum Gasteiger partial charge on any atom is -0.457 e. The quantitative estimate of drug-likeness (QED) is 0.570. The standard InChI is InChI=1S/C23H22F4N2O3S/c24-20-12-18(7-8-19(20)23(25,26)27)32-17-5-3-16(4-6-17)22-9-1-2-15(13-22)14-29-10-11-33(30,31)28-21(22)29/h3-8,12,15H,1-2,9-11,13-14H2. The Balaban J connectivity index is 1.44. The fourth-order valence-corrected chi connectivity index (χ4v) is 6.45. The highest BCUT2D eigenvalue weighted by Gasteiger charge is 2.50. The molecule has 1 aliphatic carbocycles. The average molecular weight is 482 g/mol. The molecule has 5 rings (SSSR count). The number of fused-ring (bicyclic) bond motifs is 4. The van der Waals surface area contributed by atoms with Gasteiger partial charge in [-0.2, -0.15) is 13.2 Å². The van der Waals surface area contributed by atoms with E-state index in [9.17, 15) is 26.0 Å². The number of amidine groups is 1. The molecule has 1 saturated heterocycles. The Morgan fingerprint density at radius 3 is 2.52 bits per heavy atom. The number of piperidine rings is 1. The lowest BCUT2D eigenvalue weighted by Gasteiger charge is -2.52. The fourth-order valence-electron chi connectivity index (χ4n) is 5.35. The van der Waals surface area contributed by atoms with Gasteiger partial charge in [0.05, 0.1) is 16.7 Å². The zero-order chi connectivity index (χ0) is 23.4. The number of halogens is 4. The van der Waals surface area contributed by atoms with Gasteiger partial charge in [-0.25, -0.2) is 12.8 Å². The molecule has 2 unspecified atom stereocenters. The minimum atomic E-state index is -4.77. The zero-order valence-corrected chi connectivity index (χ0v) is 18.4. The fraction of sp³-hybridized carbons (Fsp3) is 0.435. The highest BCUT2D eigenvalue weighted by molar-refractivity contribution is 7.90. The molecule has 0 radical (unpaired) electrons. The Kier molecular flexibility index (Phi) is 5.19. The van der Waals surface area contributed by atoms with Crippen LogP contribution in [0.2, 0.25) is 0 Å². The molecular weight excluding hydrogens is 460 g/mol. The largest absolute Gasteiger partial charge is 0.457 e. The molecule has 2 aromatic carbocycles. The van der Waals surface area contributed by atoms with Gasteiger partial charge in [-0.1, -0.05) is 18.6 Å². The summed E-state index contributed by atoms with van der Waals surface area (Å²) < 4.78 is 86.4. The summed E-state index contributed by atoms with van der Waals surface area (Å²) in [7, 11) is -3.50. The predicted octanol–water partition coefficient (Wildman–Crippen LogP) is 5.12. The van der Waals surface area contributed by atoms with Crippen LogP contribution in [0.3, 0.4) is 0 Å². The Morgan fingerprint density at radius 2 is 1.82 bits per heavy atom. The number of rotatable bonds is 3. The Bertz CT molecular complexity index is 1210. The van der Waals surface area contributed by atoms with Gasteiger partial charge in [-0.3, -0.25) is 0 Å². The van der Waals surface area contributed by atoms with E-state index in [0.717, 1.165) is 43.9 Å². The molecule has 2 aromatic rings.